The molecule has 0 spiro atoms. The van der Waals surface area contributed by atoms with Gasteiger partial charge in [0.25, 0.3) is 5.91 Å². The van der Waals surface area contributed by atoms with Crippen molar-refractivity contribution in [1.82, 2.24) is 4.90 Å². The lowest BCUT2D eigenvalue weighted by molar-refractivity contribution is 0.0649. The summed E-state index contributed by atoms with van der Waals surface area (Å²) < 4.78 is 13.4. The Balaban J connectivity index is 1.66. The predicted octanol–water partition coefficient (Wildman–Crippen LogP) is 3.87. The quantitative estimate of drug-likeness (QED) is 0.803. The van der Waals surface area contributed by atoms with E-state index in [0.29, 0.717) is 31.5 Å². The first-order chi connectivity index (χ1) is 11.6. The lowest BCUT2D eigenvalue weighted by atomic mass is 9.88. The molecule has 0 atom stereocenters. The van der Waals surface area contributed by atoms with Crippen LogP contribution in [-0.4, -0.2) is 29.7 Å². The van der Waals surface area contributed by atoms with Crippen LogP contribution in [-0.2, 0) is 0 Å². The third-order valence-electron chi connectivity index (χ3n) is 4.64. The average molecular weight is 325 g/mol. The zero-order valence-electron chi connectivity index (χ0n) is 13.7. The van der Waals surface area contributed by atoms with E-state index in [9.17, 15) is 14.0 Å². The summed E-state index contributed by atoms with van der Waals surface area (Å²) in [5.74, 6) is -0.467. The molecule has 4 heteroatoms. The molecule has 0 radical (unpaired) electrons. The summed E-state index contributed by atoms with van der Waals surface area (Å²) in [5.41, 5.74) is 1.90. The second-order valence-corrected chi connectivity index (χ2v) is 6.26. The monoisotopic (exact) mass is 325 g/mol. The van der Waals surface area contributed by atoms with E-state index in [1.165, 1.54) is 12.1 Å². The fourth-order valence-corrected chi connectivity index (χ4v) is 3.18. The molecule has 0 unspecified atom stereocenters. The number of nitrogens with zero attached hydrogens (tertiary/aromatic N) is 1. The van der Waals surface area contributed by atoms with Gasteiger partial charge in [-0.05, 0) is 37.5 Å². The molecule has 24 heavy (non-hydrogen) atoms. The number of likely N-dealkylation sites (tertiary alicyclic amines) is 1. The van der Waals surface area contributed by atoms with Crippen LogP contribution >= 0.6 is 0 Å². The Labute approximate surface area is 141 Å². The molecule has 0 saturated carbocycles. The maximum Gasteiger partial charge on any atom is 0.254 e. The maximum absolute atomic E-state index is 13.4. The van der Waals surface area contributed by atoms with Gasteiger partial charge >= 0.3 is 0 Å². The van der Waals surface area contributed by atoms with Crippen LogP contribution in [0.25, 0.3) is 0 Å². The molecule has 124 valence electrons. The first kappa shape index (κ1) is 16.4. The molecular formula is C20H20FNO2. The highest BCUT2D eigenvalue weighted by molar-refractivity contribution is 5.98. The number of halogens is 1. The maximum atomic E-state index is 13.4. The van der Waals surface area contributed by atoms with Gasteiger partial charge in [-0.25, -0.2) is 4.39 Å². The van der Waals surface area contributed by atoms with Gasteiger partial charge in [0.2, 0.25) is 0 Å². The van der Waals surface area contributed by atoms with Gasteiger partial charge in [-0.2, -0.15) is 0 Å². The van der Waals surface area contributed by atoms with Crippen LogP contribution in [0.15, 0.2) is 48.5 Å². The lowest BCUT2D eigenvalue weighted by Crippen LogP contribution is -2.40. The van der Waals surface area contributed by atoms with Crippen molar-refractivity contribution < 1.29 is 14.0 Å². The number of rotatable bonds is 3. The summed E-state index contributed by atoms with van der Waals surface area (Å²) >= 11 is 0. The van der Waals surface area contributed by atoms with E-state index in [1.54, 1.807) is 17.9 Å². The van der Waals surface area contributed by atoms with E-state index in [0.717, 1.165) is 11.1 Å². The molecule has 0 aromatic heterocycles. The Morgan fingerprint density at radius 2 is 1.71 bits per heavy atom. The van der Waals surface area contributed by atoms with E-state index in [2.05, 4.69) is 0 Å². The smallest absolute Gasteiger partial charge is 0.254 e. The van der Waals surface area contributed by atoms with Crippen molar-refractivity contribution in [3.8, 4) is 0 Å². The molecule has 0 aliphatic carbocycles. The highest BCUT2D eigenvalue weighted by Crippen LogP contribution is 2.24. The molecule has 1 aliphatic heterocycles. The summed E-state index contributed by atoms with van der Waals surface area (Å²) in [6.45, 7) is 2.86. The van der Waals surface area contributed by atoms with Crippen molar-refractivity contribution >= 4 is 11.7 Å². The number of amides is 1. The molecule has 2 aromatic rings. The molecule has 3 nitrogen and oxygen atoms in total. The van der Waals surface area contributed by atoms with Crippen molar-refractivity contribution in [3.63, 3.8) is 0 Å². The third kappa shape index (κ3) is 3.37. The second-order valence-electron chi connectivity index (χ2n) is 6.26. The number of Topliss-reactive ketones (excluding diaryl/α,β-unsaturated/α-hetero) is 1. The normalized spacial score (nSPS) is 15.3. The van der Waals surface area contributed by atoms with E-state index >= 15 is 0 Å². The summed E-state index contributed by atoms with van der Waals surface area (Å²) in [4.78, 5) is 26.8. The lowest BCUT2D eigenvalue weighted by Gasteiger charge is -2.31. The number of ketones is 1. The van der Waals surface area contributed by atoms with Gasteiger partial charge in [-0.3, -0.25) is 9.59 Å². The number of hydrogen-bond acceptors (Lipinski definition) is 2. The minimum atomic E-state index is -0.405. The van der Waals surface area contributed by atoms with Crippen molar-refractivity contribution in [3.05, 3.63) is 71.0 Å². The van der Waals surface area contributed by atoms with Crippen molar-refractivity contribution in [2.24, 2.45) is 5.92 Å². The summed E-state index contributed by atoms with van der Waals surface area (Å²) in [6, 6.07) is 13.5. The van der Waals surface area contributed by atoms with Crippen LogP contribution in [0, 0.1) is 18.7 Å². The zero-order chi connectivity index (χ0) is 17.1. The summed E-state index contributed by atoms with van der Waals surface area (Å²) in [6.07, 6.45) is 1.29. The highest BCUT2D eigenvalue weighted by atomic mass is 19.1. The molecule has 0 N–H and O–H groups in total. The standard InChI is InChI=1S/C20H20FNO2/c1-14-7-8-17(21)13-18(14)20(24)22-11-9-16(10-12-22)19(23)15-5-3-2-4-6-15/h2-8,13,16H,9-12H2,1H3. The van der Waals surface area contributed by atoms with Gasteiger partial charge in [0.15, 0.2) is 5.78 Å². The SMILES string of the molecule is Cc1ccc(F)cc1C(=O)N1CCC(C(=O)c2ccccc2)CC1. The average Bonchev–Trinajstić information content (AvgIpc) is 2.63. The number of aryl methyl sites for hydroxylation is 1. The number of benzene rings is 2. The molecule has 0 bridgehead atoms. The Hall–Kier alpha value is -2.49. The number of piperidine rings is 1. The molecular weight excluding hydrogens is 305 g/mol. The Morgan fingerprint density at radius 1 is 1.04 bits per heavy atom. The molecule has 2 aromatic carbocycles. The number of carbonyl (C=O) groups excluding carboxylic acids is 2. The van der Waals surface area contributed by atoms with Gasteiger partial charge in [-0.15, -0.1) is 0 Å². The van der Waals surface area contributed by atoms with Crippen LogP contribution < -0.4 is 0 Å². The fraction of sp³-hybridized carbons (Fsp3) is 0.300. The van der Waals surface area contributed by atoms with Crippen LogP contribution in [0.4, 0.5) is 4.39 Å². The number of hydrogen-bond donors (Lipinski definition) is 0. The number of carbonyl (C=O) groups is 2. The zero-order valence-corrected chi connectivity index (χ0v) is 13.7. The van der Waals surface area contributed by atoms with E-state index in [4.69, 9.17) is 0 Å². The van der Waals surface area contributed by atoms with Gasteiger partial charge in [0.05, 0.1) is 0 Å². The highest BCUT2D eigenvalue weighted by Gasteiger charge is 2.28. The first-order valence-corrected chi connectivity index (χ1v) is 8.21. The third-order valence-corrected chi connectivity index (χ3v) is 4.64. The Kier molecular flexibility index (Phi) is 4.74. The molecule has 3 rings (SSSR count). The Morgan fingerprint density at radius 3 is 2.38 bits per heavy atom. The van der Waals surface area contributed by atoms with Gasteiger partial charge in [0, 0.05) is 30.1 Å². The summed E-state index contributed by atoms with van der Waals surface area (Å²) in [7, 11) is 0. The van der Waals surface area contributed by atoms with Crippen LogP contribution in [0.2, 0.25) is 0 Å². The first-order valence-electron chi connectivity index (χ1n) is 8.21. The largest absolute Gasteiger partial charge is 0.339 e. The minimum Gasteiger partial charge on any atom is -0.339 e. The van der Waals surface area contributed by atoms with Crippen molar-refractivity contribution in [1.29, 1.82) is 0 Å². The predicted molar refractivity (Wildman–Crippen MR) is 90.5 cm³/mol. The van der Waals surface area contributed by atoms with E-state index in [1.807, 2.05) is 30.3 Å². The van der Waals surface area contributed by atoms with E-state index < -0.39 is 5.82 Å². The van der Waals surface area contributed by atoms with Gasteiger partial charge < -0.3 is 4.90 Å². The molecule has 1 aliphatic rings. The van der Waals surface area contributed by atoms with Crippen molar-refractivity contribution in [2.45, 2.75) is 19.8 Å². The topological polar surface area (TPSA) is 37.4 Å². The molecule has 1 saturated heterocycles. The molecule has 1 heterocycles. The summed E-state index contributed by atoms with van der Waals surface area (Å²) in [5, 5.41) is 0. The fourth-order valence-electron chi connectivity index (χ4n) is 3.18. The molecule has 1 amide bonds. The van der Waals surface area contributed by atoms with Gasteiger partial charge in [-0.1, -0.05) is 36.4 Å². The van der Waals surface area contributed by atoms with Crippen molar-refractivity contribution in [2.75, 3.05) is 13.1 Å². The Bertz CT molecular complexity index is 749. The molecule has 1 fully saturated rings. The van der Waals surface area contributed by atoms with E-state index in [-0.39, 0.29) is 17.6 Å². The minimum absolute atomic E-state index is 0.0509. The van der Waals surface area contributed by atoms with Crippen LogP contribution in [0.3, 0.4) is 0 Å². The van der Waals surface area contributed by atoms with Gasteiger partial charge in [0.1, 0.15) is 5.82 Å². The van der Waals surface area contributed by atoms with Crippen LogP contribution in [0.5, 0.6) is 0 Å². The second kappa shape index (κ2) is 6.95. The van der Waals surface area contributed by atoms with Crippen LogP contribution in [0.1, 0.15) is 39.1 Å².